The highest BCUT2D eigenvalue weighted by Gasteiger charge is 2.08. The normalized spacial score (nSPS) is 12.2. The van der Waals surface area contributed by atoms with E-state index in [1.165, 1.54) is 6.07 Å². The molecule has 0 aromatic heterocycles. The summed E-state index contributed by atoms with van der Waals surface area (Å²) in [6.45, 7) is 1.96. The zero-order chi connectivity index (χ0) is 13.8. The molecule has 0 aliphatic rings. The molecule has 2 nitrogen and oxygen atoms in total. The van der Waals surface area contributed by atoms with Gasteiger partial charge in [-0.25, -0.2) is 4.39 Å². The molecular weight excluding hydrogens is 309 g/mol. The third kappa shape index (κ3) is 3.78. The zero-order valence-electron chi connectivity index (χ0n) is 10.6. The summed E-state index contributed by atoms with van der Waals surface area (Å²) in [7, 11) is 0. The van der Waals surface area contributed by atoms with Gasteiger partial charge >= 0.3 is 0 Å². The van der Waals surface area contributed by atoms with E-state index in [2.05, 4.69) is 15.9 Å². The molecule has 0 heterocycles. The molecule has 0 aliphatic heterocycles. The number of hydrogen-bond donors (Lipinski definition) is 1. The lowest BCUT2D eigenvalue weighted by atomic mass is 10.1. The first kappa shape index (κ1) is 14.0. The minimum atomic E-state index is -0.381. The Morgan fingerprint density at radius 3 is 2.58 bits per heavy atom. The second-order valence-electron chi connectivity index (χ2n) is 4.48. The van der Waals surface area contributed by atoms with E-state index in [4.69, 9.17) is 10.5 Å². The van der Waals surface area contributed by atoms with Crippen LogP contribution in [0.2, 0.25) is 0 Å². The highest BCUT2D eigenvalue weighted by molar-refractivity contribution is 9.10. The zero-order valence-corrected chi connectivity index (χ0v) is 12.2. The smallest absolute Gasteiger partial charge is 0.165 e. The molecule has 2 aromatic rings. The molecular formula is C15H15BrFNO. The minimum Gasteiger partial charge on any atom is -0.453 e. The van der Waals surface area contributed by atoms with Crippen LogP contribution in [-0.2, 0) is 6.42 Å². The van der Waals surface area contributed by atoms with Crippen LogP contribution in [0.25, 0.3) is 0 Å². The third-order valence-corrected chi connectivity index (χ3v) is 3.23. The van der Waals surface area contributed by atoms with Crippen molar-refractivity contribution in [3.63, 3.8) is 0 Å². The lowest BCUT2D eigenvalue weighted by molar-refractivity contribution is 0.440. The summed E-state index contributed by atoms with van der Waals surface area (Å²) in [6, 6.07) is 12.1. The summed E-state index contributed by atoms with van der Waals surface area (Å²) >= 11 is 3.43. The van der Waals surface area contributed by atoms with Crippen LogP contribution in [0, 0.1) is 5.82 Å². The maximum absolute atomic E-state index is 13.5. The molecule has 0 radical (unpaired) electrons. The standard InChI is InChI=1S/C15H15BrFNO/c1-10(18)8-11-6-7-14(12(16)9-11)19-15-5-3-2-4-13(15)17/h2-7,9-10H,8,18H2,1H3. The van der Waals surface area contributed by atoms with Crippen molar-refractivity contribution < 1.29 is 9.13 Å². The van der Waals surface area contributed by atoms with Crippen molar-refractivity contribution in [2.75, 3.05) is 0 Å². The summed E-state index contributed by atoms with van der Waals surface area (Å²) in [5.41, 5.74) is 6.87. The largest absolute Gasteiger partial charge is 0.453 e. The molecule has 2 aromatic carbocycles. The Kier molecular flexibility index (Phi) is 4.56. The van der Waals surface area contributed by atoms with E-state index in [-0.39, 0.29) is 17.6 Å². The Balaban J connectivity index is 2.20. The predicted molar refractivity (Wildman–Crippen MR) is 78.0 cm³/mol. The molecule has 0 amide bonds. The first-order valence-electron chi connectivity index (χ1n) is 6.02. The van der Waals surface area contributed by atoms with Crippen LogP contribution in [0.4, 0.5) is 4.39 Å². The number of hydrogen-bond acceptors (Lipinski definition) is 2. The highest BCUT2D eigenvalue weighted by Crippen LogP contribution is 2.31. The Labute approximate surface area is 120 Å². The fraction of sp³-hybridized carbons (Fsp3) is 0.200. The highest BCUT2D eigenvalue weighted by atomic mass is 79.9. The van der Waals surface area contributed by atoms with Gasteiger partial charge in [0.15, 0.2) is 11.6 Å². The SMILES string of the molecule is CC(N)Cc1ccc(Oc2ccccc2F)c(Br)c1. The van der Waals surface area contributed by atoms with Gasteiger partial charge in [0.2, 0.25) is 0 Å². The number of para-hydroxylation sites is 1. The van der Waals surface area contributed by atoms with Crippen molar-refractivity contribution in [3.8, 4) is 11.5 Å². The van der Waals surface area contributed by atoms with Crippen molar-refractivity contribution in [1.29, 1.82) is 0 Å². The van der Waals surface area contributed by atoms with Gasteiger partial charge < -0.3 is 10.5 Å². The van der Waals surface area contributed by atoms with Crippen molar-refractivity contribution in [2.45, 2.75) is 19.4 Å². The summed E-state index contributed by atoms with van der Waals surface area (Å²) in [5, 5.41) is 0. The second-order valence-corrected chi connectivity index (χ2v) is 5.33. The fourth-order valence-electron chi connectivity index (χ4n) is 1.77. The Morgan fingerprint density at radius 1 is 1.21 bits per heavy atom. The summed E-state index contributed by atoms with van der Waals surface area (Å²) in [5.74, 6) is 0.413. The second kappa shape index (κ2) is 6.17. The molecule has 0 spiro atoms. The van der Waals surface area contributed by atoms with Crippen LogP contribution in [0.5, 0.6) is 11.5 Å². The molecule has 0 saturated heterocycles. The third-order valence-electron chi connectivity index (χ3n) is 2.61. The van der Waals surface area contributed by atoms with Gasteiger partial charge in [0, 0.05) is 6.04 Å². The van der Waals surface area contributed by atoms with Crippen molar-refractivity contribution in [2.24, 2.45) is 5.73 Å². The molecule has 0 bridgehead atoms. The molecule has 2 rings (SSSR count). The van der Waals surface area contributed by atoms with Crippen LogP contribution < -0.4 is 10.5 Å². The minimum absolute atomic E-state index is 0.102. The van der Waals surface area contributed by atoms with Crippen molar-refractivity contribution in [3.05, 3.63) is 58.3 Å². The number of halogens is 2. The summed E-state index contributed by atoms with van der Waals surface area (Å²) in [6.07, 6.45) is 0.790. The maximum Gasteiger partial charge on any atom is 0.165 e. The lowest BCUT2D eigenvalue weighted by Gasteiger charge is -2.11. The van der Waals surface area contributed by atoms with E-state index >= 15 is 0 Å². The lowest BCUT2D eigenvalue weighted by Crippen LogP contribution is -2.17. The fourth-order valence-corrected chi connectivity index (χ4v) is 2.28. The monoisotopic (exact) mass is 323 g/mol. The summed E-state index contributed by atoms with van der Waals surface area (Å²) < 4.78 is 19.8. The number of nitrogens with two attached hydrogens (primary N) is 1. The van der Waals surface area contributed by atoms with E-state index in [9.17, 15) is 4.39 Å². The summed E-state index contributed by atoms with van der Waals surface area (Å²) in [4.78, 5) is 0. The average molecular weight is 324 g/mol. The van der Waals surface area contributed by atoms with Gasteiger partial charge in [0.1, 0.15) is 5.75 Å². The molecule has 4 heteroatoms. The van der Waals surface area contributed by atoms with E-state index in [0.29, 0.717) is 5.75 Å². The van der Waals surface area contributed by atoms with Crippen LogP contribution >= 0.6 is 15.9 Å². The number of rotatable bonds is 4. The molecule has 0 saturated carbocycles. The van der Waals surface area contributed by atoms with Crippen LogP contribution in [0.1, 0.15) is 12.5 Å². The Hall–Kier alpha value is -1.39. The van der Waals surface area contributed by atoms with Gasteiger partial charge in [0.05, 0.1) is 4.47 Å². The van der Waals surface area contributed by atoms with Crippen LogP contribution in [0.3, 0.4) is 0 Å². The van der Waals surface area contributed by atoms with Crippen molar-refractivity contribution >= 4 is 15.9 Å². The van der Waals surface area contributed by atoms with Gasteiger partial charge in [-0.3, -0.25) is 0 Å². The van der Waals surface area contributed by atoms with Gasteiger partial charge in [0.25, 0.3) is 0 Å². The Morgan fingerprint density at radius 2 is 1.95 bits per heavy atom. The van der Waals surface area contributed by atoms with E-state index in [0.717, 1.165) is 16.5 Å². The van der Waals surface area contributed by atoms with E-state index < -0.39 is 0 Å². The van der Waals surface area contributed by atoms with E-state index in [1.54, 1.807) is 18.2 Å². The van der Waals surface area contributed by atoms with Gasteiger partial charge in [-0.1, -0.05) is 18.2 Å². The van der Waals surface area contributed by atoms with E-state index in [1.807, 2.05) is 25.1 Å². The maximum atomic E-state index is 13.5. The Bertz CT molecular complexity index is 572. The van der Waals surface area contributed by atoms with Gasteiger partial charge in [-0.15, -0.1) is 0 Å². The number of ether oxygens (including phenoxy) is 1. The molecule has 1 atom stereocenters. The molecule has 2 N–H and O–H groups in total. The molecule has 19 heavy (non-hydrogen) atoms. The average Bonchev–Trinajstić information content (AvgIpc) is 2.34. The van der Waals surface area contributed by atoms with Crippen LogP contribution in [0.15, 0.2) is 46.9 Å². The van der Waals surface area contributed by atoms with Gasteiger partial charge in [-0.05, 0) is 59.1 Å². The first-order valence-corrected chi connectivity index (χ1v) is 6.82. The topological polar surface area (TPSA) is 35.2 Å². The number of benzene rings is 2. The molecule has 1 unspecified atom stereocenters. The van der Waals surface area contributed by atoms with Gasteiger partial charge in [-0.2, -0.15) is 0 Å². The van der Waals surface area contributed by atoms with Crippen molar-refractivity contribution in [1.82, 2.24) is 0 Å². The van der Waals surface area contributed by atoms with Crippen LogP contribution in [-0.4, -0.2) is 6.04 Å². The quantitative estimate of drug-likeness (QED) is 0.911. The first-order chi connectivity index (χ1) is 9.06. The molecule has 0 fully saturated rings. The molecule has 0 aliphatic carbocycles. The predicted octanol–water partition coefficient (Wildman–Crippen LogP) is 4.27. The molecule has 100 valence electrons.